The molecule has 27 heavy (non-hydrogen) atoms. The molecule has 0 saturated heterocycles. The lowest BCUT2D eigenvalue weighted by molar-refractivity contribution is 0.0953. The predicted molar refractivity (Wildman–Crippen MR) is 105 cm³/mol. The van der Waals surface area contributed by atoms with E-state index in [1.807, 2.05) is 37.3 Å². The van der Waals surface area contributed by atoms with Gasteiger partial charge in [0.1, 0.15) is 5.56 Å². The molecule has 0 unspecified atom stereocenters. The summed E-state index contributed by atoms with van der Waals surface area (Å²) in [5, 5.41) is 3.32. The minimum Gasteiger partial charge on any atom is -0.493 e. The topological polar surface area (TPSA) is 80.4 Å². The first-order chi connectivity index (χ1) is 13.0. The molecule has 1 heterocycles. The summed E-state index contributed by atoms with van der Waals surface area (Å²) < 4.78 is 10.5. The molecule has 0 aliphatic carbocycles. The summed E-state index contributed by atoms with van der Waals surface area (Å²) in [7, 11) is 3.16. The fraction of sp³-hybridized carbons (Fsp3) is 0.238. The lowest BCUT2D eigenvalue weighted by Gasteiger charge is -2.10. The largest absolute Gasteiger partial charge is 0.493 e. The van der Waals surface area contributed by atoms with Gasteiger partial charge in [-0.25, -0.2) is 0 Å². The highest BCUT2D eigenvalue weighted by atomic mass is 16.5. The van der Waals surface area contributed by atoms with E-state index in [0.717, 1.165) is 16.6 Å². The van der Waals surface area contributed by atoms with E-state index in [9.17, 15) is 9.59 Å². The minimum atomic E-state index is -0.389. The molecule has 140 valence electrons. The van der Waals surface area contributed by atoms with Crippen LogP contribution in [0.1, 0.15) is 21.5 Å². The van der Waals surface area contributed by atoms with E-state index in [0.29, 0.717) is 29.9 Å². The SMILES string of the molecule is COc1ccc(CCNC(=O)c2c[nH]c3c(C)cccc3c2=O)cc1OC. The zero-order chi connectivity index (χ0) is 19.4. The Balaban J connectivity index is 1.71. The van der Waals surface area contributed by atoms with E-state index < -0.39 is 0 Å². The van der Waals surface area contributed by atoms with Crippen molar-refractivity contribution in [2.75, 3.05) is 20.8 Å². The highest BCUT2D eigenvalue weighted by molar-refractivity contribution is 5.97. The summed E-state index contributed by atoms with van der Waals surface area (Å²) in [6.45, 7) is 2.32. The van der Waals surface area contributed by atoms with Crippen LogP contribution in [0.4, 0.5) is 0 Å². The first kappa shape index (κ1) is 18.5. The Morgan fingerprint density at radius 2 is 1.89 bits per heavy atom. The molecule has 3 rings (SSSR count). The van der Waals surface area contributed by atoms with Gasteiger partial charge in [-0.2, -0.15) is 0 Å². The van der Waals surface area contributed by atoms with Crippen LogP contribution in [-0.4, -0.2) is 31.7 Å². The van der Waals surface area contributed by atoms with E-state index in [1.54, 1.807) is 20.3 Å². The number of hydrogen-bond acceptors (Lipinski definition) is 4. The molecule has 0 aliphatic heterocycles. The highest BCUT2D eigenvalue weighted by Crippen LogP contribution is 2.27. The van der Waals surface area contributed by atoms with E-state index in [4.69, 9.17) is 9.47 Å². The van der Waals surface area contributed by atoms with Crippen molar-refractivity contribution >= 4 is 16.8 Å². The number of pyridine rings is 1. The van der Waals surface area contributed by atoms with Gasteiger partial charge in [-0.15, -0.1) is 0 Å². The zero-order valence-electron chi connectivity index (χ0n) is 15.6. The Morgan fingerprint density at radius 3 is 2.63 bits per heavy atom. The van der Waals surface area contributed by atoms with E-state index in [-0.39, 0.29) is 16.9 Å². The van der Waals surface area contributed by atoms with Gasteiger partial charge in [-0.05, 0) is 42.7 Å². The quantitative estimate of drug-likeness (QED) is 0.703. The standard InChI is InChI=1S/C21H22N2O4/c1-13-5-4-6-15-19(13)23-12-16(20(15)24)21(25)22-10-9-14-7-8-17(26-2)18(11-14)27-3/h4-8,11-12H,9-10H2,1-3H3,(H,22,25)(H,23,24). The number of hydrogen-bond donors (Lipinski definition) is 2. The van der Waals surface area contributed by atoms with Crippen LogP contribution in [0.3, 0.4) is 0 Å². The fourth-order valence-corrected chi connectivity index (χ4v) is 3.02. The maximum atomic E-state index is 12.6. The minimum absolute atomic E-state index is 0.111. The average Bonchev–Trinajstić information content (AvgIpc) is 2.68. The zero-order valence-corrected chi connectivity index (χ0v) is 15.6. The Bertz CT molecular complexity index is 1040. The maximum Gasteiger partial charge on any atom is 0.256 e. The second-order valence-electron chi connectivity index (χ2n) is 6.22. The first-order valence-electron chi connectivity index (χ1n) is 8.65. The number of benzene rings is 2. The normalized spacial score (nSPS) is 10.6. The summed E-state index contributed by atoms with van der Waals surface area (Å²) in [5.41, 5.74) is 2.56. The number of para-hydroxylation sites is 1. The Labute approximate surface area is 157 Å². The number of carbonyl (C=O) groups is 1. The molecule has 6 heteroatoms. The number of aryl methyl sites for hydroxylation is 1. The number of ether oxygens (including phenoxy) is 2. The lowest BCUT2D eigenvalue weighted by Crippen LogP contribution is -2.30. The highest BCUT2D eigenvalue weighted by Gasteiger charge is 2.13. The third kappa shape index (κ3) is 3.79. The molecule has 6 nitrogen and oxygen atoms in total. The van der Waals surface area contributed by atoms with Crippen LogP contribution < -0.4 is 20.2 Å². The van der Waals surface area contributed by atoms with Gasteiger partial charge in [0.2, 0.25) is 5.43 Å². The van der Waals surface area contributed by atoms with Gasteiger partial charge in [0.15, 0.2) is 11.5 Å². The molecule has 0 fully saturated rings. The van der Waals surface area contributed by atoms with Crippen LogP contribution in [0.25, 0.3) is 10.9 Å². The number of fused-ring (bicyclic) bond motifs is 1. The molecular weight excluding hydrogens is 344 g/mol. The third-order valence-electron chi connectivity index (χ3n) is 4.51. The monoisotopic (exact) mass is 366 g/mol. The number of carbonyl (C=O) groups excluding carboxylic acids is 1. The van der Waals surface area contributed by atoms with Crippen molar-refractivity contribution in [2.24, 2.45) is 0 Å². The number of amides is 1. The number of H-pyrrole nitrogens is 1. The van der Waals surface area contributed by atoms with Crippen molar-refractivity contribution in [3.05, 3.63) is 69.5 Å². The lowest BCUT2D eigenvalue weighted by atomic mass is 10.1. The van der Waals surface area contributed by atoms with Crippen LogP contribution in [0.15, 0.2) is 47.4 Å². The molecule has 1 amide bonds. The Hall–Kier alpha value is -3.28. The molecule has 0 saturated carbocycles. The number of aromatic nitrogens is 1. The van der Waals surface area contributed by atoms with Crippen molar-refractivity contribution < 1.29 is 14.3 Å². The van der Waals surface area contributed by atoms with Gasteiger partial charge in [-0.1, -0.05) is 18.2 Å². The molecule has 0 atom stereocenters. The van der Waals surface area contributed by atoms with Gasteiger partial charge < -0.3 is 19.8 Å². The molecule has 2 N–H and O–H groups in total. The maximum absolute atomic E-state index is 12.6. The van der Waals surface area contributed by atoms with E-state index >= 15 is 0 Å². The average molecular weight is 366 g/mol. The van der Waals surface area contributed by atoms with E-state index in [1.165, 1.54) is 6.20 Å². The number of rotatable bonds is 6. The van der Waals surface area contributed by atoms with E-state index in [2.05, 4.69) is 10.3 Å². The second-order valence-corrected chi connectivity index (χ2v) is 6.22. The third-order valence-corrected chi connectivity index (χ3v) is 4.51. The summed E-state index contributed by atoms with van der Waals surface area (Å²) in [6.07, 6.45) is 2.08. The van der Waals surface area contributed by atoms with Crippen LogP contribution in [0.5, 0.6) is 11.5 Å². The molecule has 0 spiro atoms. The van der Waals surface area contributed by atoms with Crippen LogP contribution in [-0.2, 0) is 6.42 Å². The van der Waals surface area contributed by atoms with Crippen LogP contribution >= 0.6 is 0 Å². The van der Waals surface area contributed by atoms with Crippen molar-refractivity contribution in [2.45, 2.75) is 13.3 Å². The van der Waals surface area contributed by atoms with Crippen molar-refractivity contribution in [1.29, 1.82) is 0 Å². The Kier molecular flexibility index (Phi) is 5.45. The molecule has 0 aliphatic rings. The van der Waals surface area contributed by atoms with Gasteiger partial charge in [-0.3, -0.25) is 9.59 Å². The fourth-order valence-electron chi connectivity index (χ4n) is 3.02. The summed E-state index contributed by atoms with van der Waals surface area (Å²) in [4.78, 5) is 28.1. The van der Waals surface area contributed by atoms with Crippen LogP contribution in [0, 0.1) is 6.92 Å². The molecular formula is C21H22N2O4. The first-order valence-corrected chi connectivity index (χ1v) is 8.65. The molecule has 3 aromatic rings. The van der Waals surface area contributed by atoms with Gasteiger partial charge in [0.05, 0.1) is 19.7 Å². The van der Waals surface area contributed by atoms with Crippen molar-refractivity contribution in [3.8, 4) is 11.5 Å². The molecule has 2 aromatic carbocycles. The van der Waals surface area contributed by atoms with Gasteiger partial charge in [0, 0.05) is 18.1 Å². The molecule has 0 bridgehead atoms. The van der Waals surface area contributed by atoms with Crippen molar-refractivity contribution in [1.82, 2.24) is 10.3 Å². The van der Waals surface area contributed by atoms with Gasteiger partial charge >= 0.3 is 0 Å². The Morgan fingerprint density at radius 1 is 1.11 bits per heavy atom. The number of aromatic amines is 1. The molecule has 1 aromatic heterocycles. The number of methoxy groups -OCH3 is 2. The predicted octanol–water partition coefficient (Wildman–Crippen LogP) is 2.83. The van der Waals surface area contributed by atoms with Gasteiger partial charge in [0.25, 0.3) is 5.91 Å². The number of nitrogens with one attached hydrogen (secondary N) is 2. The summed E-state index contributed by atoms with van der Waals surface area (Å²) in [6, 6.07) is 11.1. The van der Waals surface area contributed by atoms with Crippen LogP contribution in [0.2, 0.25) is 0 Å². The molecule has 0 radical (unpaired) electrons. The smallest absolute Gasteiger partial charge is 0.256 e. The summed E-state index contributed by atoms with van der Waals surface area (Å²) >= 11 is 0. The van der Waals surface area contributed by atoms with Crippen molar-refractivity contribution in [3.63, 3.8) is 0 Å². The summed E-state index contributed by atoms with van der Waals surface area (Å²) in [5.74, 6) is 0.908. The second kappa shape index (κ2) is 7.95.